The van der Waals surface area contributed by atoms with E-state index >= 15 is 0 Å². The minimum atomic E-state index is -3.09. The zero-order valence-corrected chi connectivity index (χ0v) is 11.5. The third-order valence-corrected chi connectivity index (χ3v) is 4.52. The number of nitrogens with zero attached hydrogens (tertiary/aromatic N) is 1. The van der Waals surface area contributed by atoms with Crippen molar-refractivity contribution >= 4 is 9.84 Å². The van der Waals surface area contributed by atoms with Crippen molar-refractivity contribution in [3.63, 3.8) is 0 Å². The van der Waals surface area contributed by atoms with Crippen LogP contribution in [-0.4, -0.2) is 38.7 Å². The third kappa shape index (κ3) is 3.54. The van der Waals surface area contributed by atoms with Gasteiger partial charge in [0.1, 0.15) is 0 Å². The number of piperidine rings is 1. The Hall–Kier alpha value is -0.910. The Morgan fingerprint density at radius 2 is 1.78 bits per heavy atom. The molecule has 2 rings (SSSR count). The van der Waals surface area contributed by atoms with E-state index in [1.54, 1.807) is 12.1 Å². The average molecular weight is 268 g/mol. The second kappa shape index (κ2) is 5.38. The first-order valence-corrected chi connectivity index (χ1v) is 8.11. The van der Waals surface area contributed by atoms with E-state index in [-0.39, 0.29) is 0 Å². The molecule has 1 fully saturated rings. The topological polar surface area (TPSA) is 63.4 Å². The molecule has 2 N–H and O–H groups in total. The largest absolute Gasteiger partial charge is 0.328 e. The van der Waals surface area contributed by atoms with E-state index in [4.69, 9.17) is 5.73 Å². The first kappa shape index (κ1) is 13.5. The molecule has 0 atom stereocenters. The van der Waals surface area contributed by atoms with Crippen molar-refractivity contribution in [1.29, 1.82) is 0 Å². The van der Waals surface area contributed by atoms with Crippen molar-refractivity contribution in [3.8, 4) is 0 Å². The van der Waals surface area contributed by atoms with Gasteiger partial charge in [-0.2, -0.15) is 0 Å². The van der Waals surface area contributed by atoms with E-state index in [9.17, 15) is 8.42 Å². The van der Waals surface area contributed by atoms with E-state index in [0.717, 1.165) is 38.0 Å². The van der Waals surface area contributed by atoms with Gasteiger partial charge in [-0.1, -0.05) is 12.1 Å². The summed E-state index contributed by atoms with van der Waals surface area (Å²) >= 11 is 0. The Labute approximate surface area is 109 Å². The van der Waals surface area contributed by atoms with Crippen molar-refractivity contribution in [1.82, 2.24) is 4.90 Å². The number of hydrogen-bond acceptors (Lipinski definition) is 4. The van der Waals surface area contributed by atoms with Crippen LogP contribution in [0.15, 0.2) is 29.2 Å². The highest BCUT2D eigenvalue weighted by atomic mass is 32.2. The SMILES string of the molecule is CS(=O)(=O)c1ccc(CN2CCC(N)CC2)cc1. The lowest BCUT2D eigenvalue weighted by Gasteiger charge is -2.30. The van der Waals surface area contributed by atoms with Crippen LogP contribution in [-0.2, 0) is 16.4 Å². The predicted molar refractivity (Wildman–Crippen MR) is 72.0 cm³/mol. The molecule has 0 aromatic heterocycles. The molecule has 5 heteroatoms. The third-order valence-electron chi connectivity index (χ3n) is 3.39. The van der Waals surface area contributed by atoms with E-state index in [1.807, 2.05) is 12.1 Å². The molecular formula is C13H20N2O2S. The van der Waals surface area contributed by atoms with E-state index < -0.39 is 9.84 Å². The predicted octanol–water partition coefficient (Wildman–Crippen LogP) is 1.01. The average Bonchev–Trinajstić information content (AvgIpc) is 2.32. The summed E-state index contributed by atoms with van der Waals surface area (Å²) in [5.74, 6) is 0. The standard InChI is InChI=1S/C13H20N2O2S/c1-18(16,17)13-4-2-11(3-5-13)10-15-8-6-12(14)7-9-15/h2-5,12H,6-10,14H2,1H3. The molecule has 0 unspecified atom stereocenters. The van der Waals surface area contributed by atoms with Crippen LogP contribution in [0.25, 0.3) is 0 Å². The molecule has 100 valence electrons. The molecule has 18 heavy (non-hydrogen) atoms. The minimum absolute atomic E-state index is 0.342. The van der Waals surface area contributed by atoms with Crippen molar-refractivity contribution in [2.24, 2.45) is 5.73 Å². The maximum atomic E-state index is 11.3. The molecule has 0 amide bonds. The van der Waals surface area contributed by atoms with Crippen LogP contribution in [0, 0.1) is 0 Å². The van der Waals surface area contributed by atoms with E-state index in [0.29, 0.717) is 10.9 Å². The smallest absolute Gasteiger partial charge is 0.175 e. The van der Waals surface area contributed by atoms with Crippen molar-refractivity contribution in [2.45, 2.75) is 30.3 Å². The molecule has 1 aromatic rings. The molecule has 1 saturated heterocycles. The van der Waals surface area contributed by atoms with Crippen LogP contribution in [0.2, 0.25) is 0 Å². The van der Waals surface area contributed by atoms with Crippen LogP contribution in [0.4, 0.5) is 0 Å². The molecule has 0 radical (unpaired) electrons. The molecular weight excluding hydrogens is 248 g/mol. The lowest BCUT2D eigenvalue weighted by atomic mass is 10.1. The Morgan fingerprint density at radius 1 is 1.22 bits per heavy atom. The number of rotatable bonds is 3. The molecule has 1 aliphatic rings. The van der Waals surface area contributed by atoms with Crippen molar-refractivity contribution in [2.75, 3.05) is 19.3 Å². The van der Waals surface area contributed by atoms with Crippen molar-refractivity contribution < 1.29 is 8.42 Å². The lowest BCUT2D eigenvalue weighted by Crippen LogP contribution is -2.39. The van der Waals surface area contributed by atoms with Gasteiger partial charge in [0.25, 0.3) is 0 Å². The number of likely N-dealkylation sites (tertiary alicyclic amines) is 1. The summed E-state index contributed by atoms with van der Waals surface area (Å²) in [6, 6.07) is 7.49. The van der Waals surface area contributed by atoms with Gasteiger partial charge in [-0.25, -0.2) is 8.42 Å². The maximum absolute atomic E-state index is 11.3. The summed E-state index contributed by atoms with van der Waals surface area (Å²) < 4.78 is 22.7. The van der Waals surface area contributed by atoms with Crippen LogP contribution < -0.4 is 5.73 Å². The number of benzene rings is 1. The summed E-state index contributed by atoms with van der Waals surface area (Å²) in [7, 11) is -3.09. The molecule has 0 saturated carbocycles. The quantitative estimate of drug-likeness (QED) is 0.889. The summed E-state index contributed by atoms with van der Waals surface area (Å²) in [6.45, 7) is 2.92. The summed E-state index contributed by atoms with van der Waals surface area (Å²) in [4.78, 5) is 2.74. The Morgan fingerprint density at radius 3 is 2.28 bits per heavy atom. The highest BCUT2D eigenvalue weighted by molar-refractivity contribution is 7.90. The van der Waals surface area contributed by atoms with Gasteiger partial charge >= 0.3 is 0 Å². The molecule has 1 heterocycles. The summed E-state index contributed by atoms with van der Waals surface area (Å²) in [6.07, 6.45) is 3.32. The minimum Gasteiger partial charge on any atom is -0.328 e. The van der Waals surface area contributed by atoms with Crippen LogP contribution in [0.1, 0.15) is 18.4 Å². The zero-order chi connectivity index (χ0) is 13.2. The van der Waals surface area contributed by atoms with Crippen LogP contribution in [0.5, 0.6) is 0 Å². The first-order valence-electron chi connectivity index (χ1n) is 6.22. The van der Waals surface area contributed by atoms with Gasteiger partial charge in [0.05, 0.1) is 4.90 Å². The van der Waals surface area contributed by atoms with Gasteiger partial charge in [-0.3, -0.25) is 4.90 Å². The van der Waals surface area contributed by atoms with Gasteiger partial charge in [0, 0.05) is 18.8 Å². The molecule has 0 bridgehead atoms. The molecule has 1 aromatic carbocycles. The Bertz CT molecular complexity index is 488. The van der Waals surface area contributed by atoms with Gasteiger partial charge < -0.3 is 5.73 Å². The highest BCUT2D eigenvalue weighted by Gasteiger charge is 2.16. The fraction of sp³-hybridized carbons (Fsp3) is 0.538. The second-order valence-electron chi connectivity index (χ2n) is 5.03. The number of sulfone groups is 1. The highest BCUT2D eigenvalue weighted by Crippen LogP contribution is 2.15. The zero-order valence-electron chi connectivity index (χ0n) is 10.7. The number of hydrogen-bond donors (Lipinski definition) is 1. The van der Waals surface area contributed by atoms with Gasteiger partial charge in [-0.15, -0.1) is 0 Å². The van der Waals surface area contributed by atoms with E-state index in [2.05, 4.69) is 4.90 Å². The molecule has 0 aliphatic carbocycles. The lowest BCUT2D eigenvalue weighted by molar-refractivity contribution is 0.205. The first-order chi connectivity index (χ1) is 8.45. The fourth-order valence-electron chi connectivity index (χ4n) is 2.21. The van der Waals surface area contributed by atoms with Crippen LogP contribution >= 0.6 is 0 Å². The Balaban J connectivity index is 1.98. The number of nitrogens with two attached hydrogens (primary N) is 1. The fourth-order valence-corrected chi connectivity index (χ4v) is 2.84. The van der Waals surface area contributed by atoms with Gasteiger partial charge in [0.15, 0.2) is 9.84 Å². The van der Waals surface area contributed by atoms with Gasteiger partial charge in [0.2, 0.25) is 0 Å². The maximum Gasteiger partial charge on any atom is 0.175 e. The second-order valence-corrected chi connectivity index (χ2v) is 7.05. The molecule has 1 aliphatic heterocycles. The van der Waals surface area contributed by atoms with Crippen LogP contribution in [0.3, 0.4) is 0 Å². The monoisotopic (exact) mass is 268 g/mol. The molecule has 4 nitrogen and oxygen atoms in total. The summed E-state index contributed by atoms with van der Waals surface area (Å²) in [5, 5.41) is 0. The normalized spacial score (nSPS) is 19.0. The summed E-state index contributed by atoms with van der Waals surface area (Å²) in [5.41, 5.74) is 7.02. The molecule has 0 spiro atoms. The van der Waals surface area contributed by atoms with Crippen molar-refractivity contribution in [3.05, 3.63) is 29.8 Å². The van der Waals surface area contributed by atoms with E-state index in [1.165, 1.54) is 6.26 Å². The van der Waals surface area contributed by atoms with Gasteiger partial charge in [-0.05, 0) is 43.6 Å². The Kier molecular flexibility index (Phi) is 4.04.